The molecule has 0 aromatic heterocycles. The number of sulfonamides is 1. The van der Waals surface area contributed by atoms with Crippen molar-refractivity contribution in [2.45, 2.75) is 25.3 Å². The number of aliphatic hydroxyl groups excluding tert-OH is 1. The van der Waals surface area contributed by atoms with E-state index in [2.05, 4.69) is 14.5 Å². The first-order valence-electron chi connectivity index (χ1n) is 11.4. The lowest BCUT2D eigenvalue weighted by Gasteiger charge is -2.40. The molecule has 2 N–H and O–H groups in total. The van der Waals surface area contributed by atoms with E-state index in [9.17, 15) is 17.2 Å². The standard InChI is InChI=1S/C24H33F2N3O3S/c25-22-8-4-20(5-9-22)24(21-6-10-23(26)11-7-21)29-16-14-28(15-17-29)13-1-2-19-33(31,32)27-12-3-18-30/h4-11,24,27,30H,1-3,12-19H2. The normalized spacial score (nSPS) is 15.9. The number of aliphatic hydroxyl groups is 1. The summed E-state index contributed by atoms with van der Waals surface area (Å²) in [5.41, 5.74) is 1.94. The van der Waals surface area contributed by atoms with Gasteiger partial charge in [-0.3, -0.25) is 4.90 Å². The Morgan fingerprint density at radius 1 is 0.848 bits per heavy atom. The van der Waals surface area contributed by atoms with Crippen LogP contribution in [0.1, 0.15) is 36.4 Å². The summed E-state index contributed by atoms with van der Waals surface area (Å²) in [5.74, 6) is -0.477. The zero-order valence-electron chi connectivity index (χ0n) is 18.8. The molecule has 1 saturated heterocycles. The van der Waals surface area contributed by atoms with E-state index in [0.717, 1.165) is 50.3 Å². The topological polar surface area (TPSA) is 72.9 Å². The fourth-order valence-electron chi connectivity index (χ4n) is 4.16. The lowest BCUT2D eigenvalue weighted by molar-refractivity contribution is 0.108. The highest BCUT2D eigenvalue weighted by Crippen LogP contribution is 2.30. The zero-order chi connectivity index (χ0) is 23.7. The van der Waals surface area contributed by atoms with Crippen LogP contribution >= 0.6 is 0 Å². The molecule has 1 aliphatic heterocycles. The van der Waals surface area contributed by atoms with E-state index < -0.39 is 10.0 Å². The van der Waals surface area contributed by atoms with Crippen LogP contribution in [0.15, 0.2) is 48.5 Å². The highest BCUT2D eigenvalue weighted by Gasteiger charge is 2.26. The SMILES string of the molecule is O=S(=O)(CCCCN1CCN(C(c2ccc(F)cc2)c2ccc(F)cc2)CC1)NCCCO. The van der Waals surface area contributed by atoms with Gasteiger partial charge in [-0.1, -0.05) is 24.3 Å². The molecule has 182 valence electrons. The van der Waals surface area contributed by atoms with Crippen molar-refractivity contribution in [1.82, 2.24) is 14.5 Å². The molecule has 1 fully saturated rings. The molecular weight excluding hydrogens is 448 g/mol. The number of hydrogen-bond donors (Lipinski definition) is 2. The predicted octanol–water partition coefficient (Wildman–Crippen LogP) is 2.75. The van der Waals surface area contributed by atoms with Crippen LogP contribution in [0.5, 0.6) is 0 Å². The Hall–Kier alpha value is -1.91. The largest absolute Gasteiger partial charge is 0.396 e. The maximum absolute atomic E-state index is 13.5. The van der Waals surface area contributed by atoms with Crippen molar-refractivity contribution >= 4 is 10.0 Å². The van der Waals surface area contributed by atoms with Gasteiger partial charge in [0.05, 0.1) is 11.8 Å². The van der Waals surface area contributed by atoms with Crippen molar-refractivity contribution in [3.63, 3.8) is 0 Å². The van der Waals surface area contributed by atoms with Gasteiger partial charge in [0.1, 0.15) is 11.6 Å². The van der Waals surface area contributed by atoms with Gasteiger partial charge in [0.25, 0.3) is 0 Å². The van der Waals surface area contributed by atoms with Gasteiger partial charge >= 0.3 is 0 Å². The van der Waals surface area contributed by atoms with E-state index in [0.29, 0.717) is 12.8 Å². The second kappa shape index (κ2) is 12.5. The Balaban J connectivity index is 1.52. The lowest BCUT2D eigenvalue weighted by Crippen LogP contribution is -2.48. The summed E-state index contributed by atoms with van der Waals surface area (Å²) >= 11 is 0. The van der Waals surface area contributed by atoms with Crippen molar-refractivity contribution in [2.75, 3.05) is 51.6 Å². The molecule has 0 aliphatic carbocycles. The van der Waals surface area contributed by atoms with Gasteiger partial charge in [0, 0.05) is 39.3 Å². The van der Waals surface area contributed by atoms with Crippen LogP contribution in [-0.2, 0) is 10.0 Å². The summed E-state index contributed by atoms with van der Waals surface area (Å²) < 4.78 is 53.3. The van der Waals surface area contributed by atoms with Gasteiger partial charge < -0.3 is 10.0 Å². The lowest BCUT2D eigenvalue weighted by atomic mass is 9.96. The molecule has 0 bridgehead atoms. The van der Waals surface area contributed by atoms with Crippen LogP contribution in [0.3, 0.4) is 0 Å². The number of unbranched alkanes of at least 4 members (excludes halogenated alkanes) is 1. The molecule has 0 radical (unpaired) electrons. The number of nitrogens with one attached hydrogen (secondary N) is 1. The number of rotatable bonds is 12. The van der Waals surface area contributed by atoms with Gasteiger partial charge in [0.15, 0.2) is 0 Å². The summed E-state index contributed by atoms with van der Waals surface area (Å²) in [6.45, 7) is 4.38. The monoisotopic (exact) mass is 481 g/mol. The molecule has 33 heavy (non-hydrogen) atoms. The summed E-state index contributed by atoms with van der Waals surface area (Å²) in [6.07, 6.45) is 1.79. The Morgan fingerprint density at radius 2 is 1.39 bits per heavy atom. The highest BCUT2D eigenvalue weighted by atomic mass is 32.2. The molecule has 0 amide bonds. The molecule has 2 aromatic carbocycles. The summed E-state index contributed by atoms with van der Waals surface area (Å²) in [7, 11) is -3.29. The molecule has 0 saturated carbocycles. The molecular formula is C24H33F2N3O3S. The second-order valence-electron chi connectivity index (χ2n) is 8.38. The minimum absolute atomic E-state index is 0.0301. The fraction of sp³-hybridized carbons (Fsp3) is 0.500. The molecule has 0 spiro atoms. The molecule has 6 nitrogen and oxygen atoms in total. The molecule has 1 aliphatic rings. The number of hydrogen-bond acceptors (Lipinski definition) is 5. The van der Waals surface area contributed by atoms with Crippen LogP contribution in [0.25, 0.3) is 0 Å². The van der Waals surface area contributed by atoms with Gasteiger partial charge in [0.2, 0.25) is 10.0 Å². The quantitative estimate of drug-likeness (QED) is 0.456. The number of nitrogens with zero attached hydrogens (tertiary/aromatic N) is 2. The molecule has 1 heterocycles. The summed E-state index contributed by atoms with van der Waals surface area (Å²) in [4.78, 5) is 4.65. The second-order valence-corrected chi connectivity index (χ2v) is 10.3. The van der Waals surface area contributed by atoms with Gasteiger partial charge in [-0.15, -0.1) is 0 Å². The van der Waals surface area contributed by atoms with E-state index in [1.807, 2.05) is 0 Å². The van der Waals surface area contributed by atoms with Gasteiger partial charge in [-0.25, -0.2) is 21.9 Å². The molecule has 3 rings (SSSR count). The minimum Gasteiger partial charge on any atom is -0.396 e. The third kappa shape index (κ3) is 8.12. The van der Waals surface area contributed by atoms with Crippen molar-refractivity contribution in [3.8, 4) is 0 Å². The first-order chi connectivity index (χ1) is 15.9. The summed E-state index contributed by atoms with van der Waals surface area (Å²) in [6, 6.07) is 12.9. The van der Waals surface area contributed by atoms with Crippen molar-refractivity contribution in [2.24, 2.45) is 0 Å². The predicted molar refractivity (Wildman–Crippen MR) is 125 cm³/mol. The molecule has 9 heteroatoms. The van der Waals surface area contributed by atoms with E-state index >= 15 is 0 Å². The zero-order valence-corrected chi connectivity index (χ0v) is 19.6. The molecule has 0 atom stereocenters. The number of halogens is 2. The maximum atomic E-state index is 13.5. The van der Waals surface area contributed by atoms with Crippen LogP contribution in [0.4, 0.5) is 8.78 Å². The van der Waals surface area contributed by atoms with E-state index in [1.54, 1.807) is 24.3 Å². The van der Waals surface area contributed by atoms with E-state index in [4.69, 9.17) is 5.11 Å². The van der Waals surface area contributed by atoms with E-state index in [1.165, 1.54) is 24.3 Å². The van der Waals surface area contributed by atoms with Crippen molar-refractivity contribution in [1.29, 1.82) is 0 Å². The van der Waals surface area contributed by atoms with Crippen LogP contribution in [-0.4, -0.2) is 75.0 Å². The van der Waals surface area contributed by atoms with Crippen molar-refractivity contribution < 1.29 is 22.3 Å². The number of benzene rings is 2. The Morgan fingerprint density at radius 3 is 1.91 bits per heavy atom. The Kier molecular flexibility index (Phi) is 9.76. The third-order valence-electron chi connectivity index (χ3n) is 5.94. The van der Waals surface area contributed by atoms with Crippen molar-refractivity contribution in [3.05, 3.63) is 71.3 Å². The fourth-order valence-corrected chi connectivity index (χ4v) is 5.34. The summed E-state index contributed by atoms with van der Waals surface area (Å²) in [5, 5.41) is 8.75. The third-order valence-corrected chi connectivity index (χ3v) is 7.41. The maximum Gasteiger partial charge on any atom is 0.211 e. The van der Waals surface area contributed by atoms with Gasteiger partial charge in [-0.2, -0.15) is 0 Å². The Labute approximate surface area is 195 Å². The average Bonchev–Trinajstić information content (AvgIpc) is 2.80. The Bertz CT molecular complexity index is 902. The smallest absolute Gasteiger partial charge is 0.211 e. The first kappa shape index (κ1) is 25.7. The van der Waals surface area contributed by atoms with Crippen LogP contribution < -0.4 is 4.72 Å². The first-order valence-corrected chi connectivity index (χ1v) is 13.1. The number of piperazine rings is 1. The van der Waals surface area contributed by atoms with Crippen LogP contribution in [0.2, 0.25) is 0 Å². The van der Waals surface area contributed by atoms with Crippen LogP contribution in [0, 0.1) is 11.6 Å². The molecule has 0 unspecified atom stereocenters. The highest BCUT2D eigenvalue weighted by molar-refractivity contribution is 7.89. The molecule has 2 aromatic rings. The average molecular weight is 482 g/mol. The minimum atomic E-state index is -3.29. The van der Waals surface area contributed by atoms with Gasteiger partial charge in [-0.05, 0) is 61.2 Å². The van der Waals surface area contributed by atoms with E-state index in [-0.39, 0.29) is 36.6 Å².